The van der Waals surface area contributed by atoms with Crippen LogP contribution in [0.1, 0.15) is 11.1 Å². The standard InChI is InChI=1S/C50H38N2/c1-35-31-36(2)33-41(32-35)45-17-9-11-19-48(45)52-49-20-12-10-18-46(49)47-30-29-44(34-50(47)52)51(42-25-21-39(22-26-42)37-13-5-3-6-14-37)43-27-23-40(24-28-43)38-15-7-4-8-16-38/h3-34H,1-2H3. The third-order valence-electron chi connectivity index (χ3n) is 10.1. The Morgan fingerprint density at radius 2 is 0.827 bits per heavy atom. The van der Waals surface area contributed by atoms with E-state index in [2.05, 4.69) is 217 Å². The Labute approximate surface area is 305 Å². The highest BCUT2D eigenvalue weighted by Gasteiger charge is 2.19. The van der Waals surface area contributed by atoms with Crippen molar-refractivity contribution < 1.29 is 0 Å². The van der Waals surface area contributed by atoms with Crippen molar-refractivity contribution in [1.82, 2.24) is 4.57 Å². The van der Waals surface area contributed by atoms with Crippen LogP contribution >= 0.6 is 0 Å². The van der Waals surface area contributed by atoms with Crippen molar-refractivity contribution in [3.8, 4) is 39.1 Å². The maximum atomic E-state index is 2.45. The Hall–Kier alpha value is -6.64. The van der Waals surface area contributed by atoms with Gasteiger partial charge in [0, 0.05) is 33.4 Å². The lowest BCUT2D eigenvalue weighted by Gasteiger charge is -2.26. The van der Waals surface area contributed by atoms with Gasteiger partial charge in [-0.05, 0) is 90.2 Å². The van der Waals surface area contributed by atoms with Crippen molar-refractivity contribution in [3.63, 3.8) is 0 Å². The van der Waals surface area contributed by atoms with Crippen LogP contribution in [0, 0.1) is 13.8 Å². The van der Waals surface area contributed by atoms with Gasteiger partial charge in [0.25, 0.3) is 0 Å². The Morgan fingerprint density at radius 3 is 1.44 bits per heavy atom. The molecule has 248 valence electrons. The lowest BCUT2D eigenvalue weighted by Crippen LogP contribution is -2.10. The fourth-order valence-electron chi connectivity index (χ4n) is 7.71. The first kappa shape index (κ1) is 31.3. The number of rotatable bonds is 7. The average Bonchev–Trinajstić information content (AvgIpc) is 3.52. The molecule has 9 rings (SSSR count). The third-order valence-corrected chi connectivity index (χ3v) is 10.1. The highest BCUT2D eigenvalue weighted by molar-refractivity contribution is 6.11. The molecule has 0 atom stereocenters. The van der Waals surface area contributed by atoms with Crippen LogP contribution in [0.5, 0.6) is 0 Å². The second-order valence-electron chi connectivity index (χ2n) is 13.6. The third kappa shape index (κ3) is 5.75. The molecule has 1 heterocycles. The summed E-state index contributed by atoms with van der Waals surface area (Å²) in [6.07, 6.45) is 0. The summed E-state index contributed by atoms with van der Waals surface area (Å²) in [7, 11) is 0. The Kier molecular flexibility index (Phi) is 7.98. The van der Waals surface area contributed by atoms with Gasteiger partial charge in [0.05, 0.1) is 16.7 Å². The number of para-hydroxylation sites is 2. The van der Waals surface area contributed by atoms with Gasteiger partial charge in [0.2, 0.25) is 0 Å². The molecule has 0 unspecified atom stereocenters. The van der Waals surface area contributed by atoms with Crippen molar-refractivity contribution >= 4 is 38.9 Å². The molecule has 8 aromatic carbocycles. The highest BCUT2D eigenvalue weighted by atomic mass is 15.1. The second kappa shape index (κ2) is 13.2. The van der Waals surface area contributed by atoms with E-state index in [1.807, 2.05) is 0 Å². The van der Waals surface area contributed by atoms with Crippen LogP contribution in [-0.2, 0) is 0 Å². The zero-order valence-corrected chi connectivity index (χ0v) is 29.4. The summed E-state index contributed by atoms with van der Waals surface area (Å²) in [5.41, 5.74) is 16.6. The van der Waals surface area contributed by atoms with Crippen molar-refractivity contribution in [3.05, 3.63) is 205 Å². The number of fused-ring (bicyclic) bond motifs is 3. The molecule has 52 heavy (non-hydrogen) atoms. The number of hydrogen-bond acceptors (Lipinski definition) is 1. The molecule has 0 spiro atoms. The molecule has 0 saturated heterocycles. The molecule has 2 nitrogen and oxygen atoms in total. The number of hydrogen-bond donors (Lipinski definition) is 0. The monoisotopic (exact) mass is 666 g/mol. The molecule has 0 aliphatic carbocycles. The first-order chi connectivity index (χ1) is 25.6. The summed E-state index contributed by atoms with van der Waals surface area (Å²) in [5.74, 6) is 0. The van der Waals surface area contributed by atoms with E-state index in [9.17, 15) is 0 Å². The molecule has 0 saturated carbocycles. The van der Waals surface area contributed by atoms with Crippen LogP contribution in [0.25, 0.3) is 60.9 Å². The molecule has 0 radical (unpaired) electrons. The van der Waals surface area contributed by atoms with E-state index < -0.39 is 0 Å². The summed E-state index contributed by atoms with van der Waals surface area (Å²) in [6, 6.07) is 70.4. The zero-order chi connectivity index (χ0) is 35.0. The van der Waals surface area contributed by atoms with E-state index in [-0.39, 0.29) is 0 Å². The molecule has 9 aromatic rings. The highest BCUT2D eigenvalue weighted by Crippen LogP contribution is 2.42. The van der Waals surface area contributed by atoms with Gasteiger partial charge in [-0.2, -0.15) is 0 Å². The van der Waals surface area contributed by atoms with Crippen LogP contribution in [0.4, 0.5) is 17.1 Å². The minimum Gasteiger partial charge on any atom is -0.310 e. The average molecular weight is 667 g/mol. The maximum Gasteiger partial charge on any atom is 0.0562 e. The molecular formula is C50H38N2. The largest absolute Gasteiger partial charge is 0.310 e. The molecule has 1 aromatic heterocycles. The van der Waals surface area contributed by atoms with Crippen molar-refractivity contribution in [1.29, 1.82) is 0 Å². The molecule has 0 aliphatic rings. The molecule has 0 aliphatic heterocycles. The predicted octanol–water partition coefficient (Wildman–Crippen LogP) is 13.9. The minimum atomic E-state index is 1.10. The Balaban J connectivity index is 1.24. The van der Waals surface area contributed by atoms with E-state index in [1.54, 1.807) is 0 Å². The quantitative estimate of drug-likeness (QED) is 0.164. The lowest BCUT2D eigenvalue weighted by molar-refractivity contribution is 1.18. The summed E-state index contributed by atoms with van der Waals surface area (Å²) in [4.78, 5) is 2.38. The first-order valence-corrected chi connectivity index (χ1v) is 17.9. The first-order valence-electron chi connectivity index (χ1n) is 17.9. The zero-order valence-electron chi connectivity index (χ0n) is 29.4. The van der Waals surface area contributed by atoms with E-state index in [0.717, 1.165) is 17.1 Å². The van der Waals surface area contributed by atoms with E-state index >= 15 is 0 Å². The number of aryl methyl sites for hydroxylation is 2. The van der Waals surface area contributed by atoms with E-state index in [0.29, 0.717) is 0 Å². The topological polar surface area (TPSA) is 8.17 Å². The number of nitrogens with zero attached hydrogens (tertiary/aromatic N) is 2. The molecule has 0 bridgehead atoms. The number of benzene rings is 8. The summed E-state index contributed by atoms with van der Waals surface area (Å²) in [6.45, 7) is 4.36. The van der Waals surface area contributed by atoms with E-state index in [1.165, 1.54) is 72.0 Å². The van der Waals surface area contributed by atoms with Gasteiger partial charge >= 0.3 is 0 Å². The van der Waals surface area contributed by atoms with Crippen LogP contribution in [0.15, 0.2) is 194 Å². The van der Waals surface area contributed by atoms with Gasteiger partial charge in [0.1, 0.15) is 0 Å². The summed E-state index contributed by atoms with van der Waals surface area (Å²) >= 11 is 0. The fraction of sp³-hybridized carbons (Fsp3) is 0.0400. The van der Waals surface area contributed by atoms with Crippen LogP contribution in [0.2, 0.25) is 0 Å². The maximum absolute atomic E-state index is 2.45. The normalized spacial score (nSPS) is 11.3. The van der Waals surface area contributed by atoms with Crippen molar-refractivity contribution in [2.45, 2.75) is 13.8 Å². The minimum absolute atomic E-state index is 1.10. The van der Waals surface area contributed by atoms with Gasteiger partial charge in [-0.1, -0.05) is 157 Å². The van der Waals surface area contributed by atoms with Gasteiger partial charge in [-0.25, -0.2) is 0 Å². The summed E-state index contributed by atoms with van der Waals surface area (Å²) in [5, 5.41) is 2.47. The van der Waals surface area contributed by atoms with E-state index in [4.69, 9.17) is 0 Å². The summed E-state index contributed by atoms with van der Waals surface area (Å²) < 4.78 is 2.45. The van der Waals surface area contributed by atoms with Gasteiger partial charge in [-0.3, -0.25) is 0 Å². The van der Waals surface area contributed by atoms with Crippen LogP contribution < -0.4 is 4.90 Å². The van der Waals surface area contributed by atoms with Crippen LogP contribution in [0.3, 0.4) is 0 Å². The smallest absolute Gasteiger partial charge is 0.0562 e. The molecule has 2 heteroatoms. The van der Waals surface area contributed by atoms with Gasteiger partial charge in [0.15, 0.2) is 0 Å². The Morgan fingerprint density at radius 1 is 0.346 bits per heavy atom. The SMILES string of the molecule is Cc1cc(C)cc(-c2ccccc2-n2c3ccccc3c3ccc(N(c4ccc(-c5ccccc5)cc4)c4ccc(-c5ccccc5)cc4)cc32)c1. The number of anilines is 3. The fourth-order valence-corrected chi connectivity index (χ4v) is 7.71. The molecule has 0 fully saturated rings. The molecule has 0 amide bonds. The molecular weight excluding hydrogens is 629 g/mol. The Bertz CT molecular complexity index is 2570. The van der Waals surface area contributed by atoms with Gasteiger partial charge in [-0.15, -0.1) is 0 Å². The second-order valence-corrected chi connectivity index (χ2v) is 13.6. The molecule has 0 N–H and O–H groups in total. The van der Waals surface area contributed by atoms with Crippen molar-refractivity contribution in [2.24, 2.45) is 0 Å². The predicted molar refractivity (Wildman–Crippen MR) is 221 cm³/mol. The number of aromatic nitrogens is 1. The van der Waals surface area contributed by atoms with Crippen LogP contribution in [-0.4, -0.2) is 4.57 Å². The van der Waals surface area contributed by atoms with Crippen molar-refractivity contribution in [2.75, 3.05) is 4.90 Å². The lowest BCUT2D eigenvalue weighted by atomic mass is 9.99. The van der Waals surface area contributed by atoms with Gasteiger partial charge < -0.3 is 9.47 Å².